The van der Waals surface area contributed by atoms with Gasteiger partial charge >= 0.3 is 0 Å². The fourth-order valence-corrected chi connectivity index (χ4v) is 3.39. The Bertz CT molecular complexity index is 458. The minimum Gasteiger partial charge on any atom is -0.328 e. The summed E-state index contributed by atoms with van der Waals surface area (Å²) in [6.45, 7) is 2.27. The lowest BCUT2D eigenvalue weighted by Crippen LogP contribution is -2.38. The second-order valence-electron chi connectivity index (χ2n) is 6.53. The highest BCUT2D eigenvalue weighted by Gasteiger charge is 2.39. The van der Waals surface area contributed by atoms with Gasteiger partial charge in [-0.25, -0.2) is 0 Å². The molecule has 0 aliphatic heterocycles. The largest absolute Gasteiger partial charge is 0.328 e. The van der Waals surface area contributed by atoms with Crippen molar-refractivity contribution in [2.75, 3.05) is 0 Å². The van der Waals surface area contributed by atoms with Crippen molar-refractivity contribution in [1.29, 1.82) is 0 Å². The average Bonchev–Trinajstić information content (AvgIpc) is 3.22. The molecular formula is C18H26N2. The van der Waals surface area contributed by atoms with E-state index in [0.717, 1.165) is 5.92 Å². The Hall–Kier alpha value is -1.12. The van der Waals surface area contributed by atoms with E-state index in [1.54, 1.807) is 0 Å². The van der Waals surface area contributed by atoms with Gasteiger partial charge in [-0.3, -0.25) is 0 Å². The molecule has 1 aromatic carbocycles. The van der Waals surface area contributed by atoms with Crippen LogP contribution in [0.5, 0.6) is 0 Å². The van der Waals surface area contributed by atoms with Crippen LogP contribution in [0.4, 0.5) is 0 Å². The summed E-state index contributed by atoms with van der Waals surface area (Å²) in [6.07, 6.45) is 8.53. The summed E-state index contributed by atoms with van der Waals surface area (Å²) in [5, 5.41) is 3.83. The molecule has 2 nitrogen and oxygen atoms in total. The third kappa shape index (κ3) is 3.50. The zero-order valence-corrected chi connectivity index (χ0v) is 12.4. The molecule has 2 heteroatoms. The van der Waals surface area contributed by atoms with Crippen molar-refractivity contribution in [3.8, 4) is 0 Å². The Morgan fingerprint density at radius 1 is 1.15 bits per heavy atom. The minimum absolute atomic E-state index is 0.447. The molecule has 2 aliphatic rings. The van der Waals surface area contributed by atoms with Gasteiger partial charge in [0, 0.05) is 18.1 Å². The molecule has 2 fully saturated rings. The summed E-state index contributed by atoms with van der Waals surface area (Å²) in [6, 6.07) is 12.5. The van der Waals surface area contributed by atoms with Gasteiger partial charge in [0.1, 0.15) is 0 Å². The molecular weight excluding hydrogens is 244 g/mol. The molecule has 3 rings (SSSR count). The third-order valence-electron chi connectivity index (χ3n) is 4.79. The molecule has 108 valence electrons. The molecule has 20 heavy (non-hydrogen) atoms. The highest BCUT2D eigenvalue weighted by Crippen LogP contribution is 2.39. The Morgan fingerprint density at radius 3 is 2.55 bits per heavy atom. The van der Waals surface area contributed by atoms with E-state index in [1.165, 1.54) is 43.2 Å². The van der Waals surface area contributed by atoms with Crippen molar-refractivity contribution < 1.29 is 0 Å². The van der Waals surface area contributed by atoms with Crippen LogP contribution in [0.2, 0.25) is 0 Å². The molecule has 3 N–H and O–H groups in total. The maximum Gasteiger partial charge on any atom is 0.0142 e. The third-order valence-corrected chi connectivity index (χ3v) is 4.79. The molecule has 0 aromatic heterocycles. The number of nitrogens with one attached hydrogen (secondary N) is 1. The van der Waals surface area contributed by atoms with Crippen molar-refractivity contribution >= 4 is 6.08 Å². The van der Waals surface area contributed by atoms with Crippen LogP contribution in [0.3, 0.4) is 0 Å². The summed E-state index contributed by atoms with van der Waals surface area (Å²) in [5.41, 5.74) is 8.80. The fourth-order valence-electron chi connectivity index (χ4n) is 3.39. The zero-order valence-electron chi connectivity index (χ0n) is 12.4. The number of hydrogen-bond donors (Lipinski definition) is 2. The first kappa shape index (κ1) is 13.8. The number of benzene rings is 1. The summed E-state index contributed by atoms with van der Waals surface area (Å²) in [7, 11) is 0. The van der Waals surface area contributed by atoms with Crippen LogP contribution in [0.1, 0.15) is 44.6 Å². The van der Waals surface area contributed by atoms with Gasteiger partial charge < -0.3 is 11.1 Å². The quantitative estimate of drug-likeness (QED) is 0.880. The molecule has 0 heterocycles. The van der Waals surface area contributed by atoms with Crippen LogP contribution in [0.25, 0.3) is 6.08 Å². The normalized spacial score (nSPS) is 34.0. The lowest BCUT2D eigenvalue weighted by Gasteiger charge is -2.27. The van der Waals surface area contributed by atoms with Gasteiger partial charge in [0.2, 0.25) is 0 Å². The van der Waals surface area contributed by atoms with E-state index < -0.39 is 0 Å². The molecule has 1 aromatic rings. The van der Waals surface area contributed by atoms with Gasteiger partial charge in [-0.1, -0.05) is 42.0 Å². The van der Waals surface area contributed by atoms with Crippen LogP contribution in [0.15, 0.2) is 35.9 Å². The van der Waals surface area contributed by atoms with Gasteiger partial charge in [-0.15, -0.1) is 0 Å². The Morgan fingerprint density at radius 2 is 1.85 bits per heavy atom. The highest BCUT2D eigenvalue weighted by molar-refractivity contribution is 5.53. The Kier molecular flexibility index (Phi) is 4.23. The number of nitrogens with two attached hydrogens (primary N) is 1. The average molecular weight is 270 g/mol. The van der Waals surface area contributed by atoms with Gasteiger partial charge in [0.25, 0.3) is 0 Å². The number of rotatable bonds is 4. The lowest BCUT2D eigenvalue weighted by atomic mass is 9.92. The Balaban J connectivity index is 1.50. The maximum atomic E-state index is 5.97. The lowest BCUT2D eigenvalue weighted by molar-refractivity contribution is 0.338. The van der Waals surface area contributed by atoms with Crippen LogP contribution < -0.4 is 11.1 Å². The molecule has 2 aliphatic carbocycles. The molecule has 0 amide bonds. The predicted octanol–water partition coefficient (Wildman–Crippen LogP) is 3.34. The first-order valence-electron chi connectivity index (χ1n) is 7.97. The van der Waals surface area contributed by atoms with Gasteiger partial charge in [0.05, 0.1) is 0 Å². The highest BCUT2D eigenvalue weighted by atomic mass is 15.0. The molecule has 0 radical (unpaired) electrons. The first-order valence-corrected chi connectivity index (χ1v) is 7.97. The first-order chi connectivity index (χ1) is 9.72. The zero-order chi connectivity index (χ0) is 13.9. The van der Waals surface area contributed by atoms with Crippen LogP contribution in [-0.4, -0.2) is 18.1 Å². The number of hydrogen-bond acceptors (Lipinski definition) is 2. The van der Waals surface area contributed by atoms with Crippen molar-refractivity contribution in [2.24, 2.45) is 11.7 Å². The monoisotopic (exact) mass is 270 g/mol. The molecule has 0 bridgehead atoms. The Labute approximate surface area is 122 Å². The van der Waals surface area contributed by atoms with Crippen molar-refractivity contribution in [2.45, 2.75) is 57.2 Å². The van der Waals surface area contributed by atoms with E-state index in [9.17, 15) is 0 Å². The van der Waals surface area contributed by atoms with Crippen LogP contribution >= 0.6 is 0 Å². The molecule has 2 atom stereocenters. The van der Waals surface area contributed by atoms with E-state index in [2.05, 4.69) is 48.6 Å². The maximum absolute atomic E-state index is 5.97. The molecule has 2 saturated carbocycles. The molecule has 0 saturated heterocycles. The van der Waals surface area contributed by atoms with Gasteiger partial charge in [-0.2, -0.15) is 0 Å². The molecule has 0 unspecified atom stereocenters. The van der Waals surface area contributed by atoms with Crippen LogP contribution in [-0.2, 0) is 0 Å². The molecule has 0 spiro atoms. The van der Waals surface area contributed by atoms with E-state index in [0.29, 0.717) is 18.1 Å². The summed E-state index contributed by atoms with van der Waals surface area (Å²) < 4.78 is 0. The summed E-state index contributed by atoms with van der Waals surface area (Å²) >= 11 is 0. The minimum atomic E-state index is 0.447. The van der Waals surface area contributed by atoms with E-state index in [1.807, 2.05) is 0 Å². The topological polar surface area (TPSA) is 38.0 Å². The fraction of sp³-hybridized carbons (Fsp3) is 0.556. The second kappa shape index (κ2) is 6.11. The van der Waals surface area contributed by atoms with Gasteiger partial charge in [0.15, 0.2) is 0 Å². The van der Waals surface area contributed by atoms with Crippen molar-refractivity contribution in [1.82, 2.24) is 5.32 Å². The summed E-state index contributed by atoms with van der Waals surface area (Å²) in [5.74, 6) is 0.741. The van der Waals surface area contributed by atoms with Crippen molar-refractivity contribution in [3.63, 3.8) is 0 Å². The van der Waals surface area contributed by atoms with Crippen LogP contribution in [0, 0.1) is 5.92 Å². The predicted molar refractivity (Wildman–Crippen MR) is 85.4 cm³/mol. The van der Waals surface area contributed by atoms with Gasteiger partial charge in [-0.05, 0) is 50.5 Å². The van der Waals surface area contributed by atoms with E-state index in [-0.39, 0.29) is 0 Å². The van der Waals surface area contributed by atoms with E-state index >= 15 is 0 Å². The van der Waals surface area contributed by atoms with E-state index in [4.69, 9.17) is 5.73 Å². The smallest absolute Gasteiger partial charge is 0.0142 e. The standard InChI is InChI=1S/C18H26N2/c1-13(11-14-5-3-2-4-6-14)17-12-18(17)20-16-9-7-15(19)8-10-16/h2-6,11,15-18,20H,7-10,12,19H2,1H3/b13-11+/t15?,16?,17-,18+/m1/s1. The summed E-state index contributed by atoms with van der Waals surface area (Å²) in [4.78, 5) is 0. The van der Waals surface area contributed by atoms with Crippen molar-refractivity contribution in [3.05, 3.63) is 41.5 Å². The second-order valence-corrected chi connectivity index (χ2v) is 6.53. The SMILES string of the molecule is C/C(=C\c1ccccc1)[C@H]1C[C@@H]1NC1CCC(N)CC1.